The fourth-order valence-electron chi connectivity index (χ4n) is 0. The molecule has 0 rings (SSSR count). The Labute approximate surface area is 226 Å². The molecule has 0 N–H and O–H groups in total. The van der Waals surface area contributed by atoms with Crippen LogP contribution in [-0.2, 0) is 9.13 Å². The molecule has 0 saturated carbocycles. The van der Waals surface area contributed by atoms with Crippen molar-refractivity contribution in [2.75, 3.05) is 0 Å². The summed E-state index contributed by atoms with van der Waals surface area (Å²) < 4.78 is 17.1. The Morgan fingerprint density at radius 2 is 0.438 bits per heavy atom. The van der Waals surface area contributed by atoms with E-state index in [0.29, 0.717) is 0 Å². The van der Waals surface area contributed by atoms with E-state index in [1.165, 1.54) is 0 Å². The molecule has 0 amide bonds. The molecule has 0 aromatic rings. The minimum atomic E-state index is -5.39. The van der Waals surface area contributed by atoms with Gasteiger partial charge in [0.05, 0.1) is 0 Å². The Morgan fingerprint density at radius 3 is 0.438 bits per heavy atom. The van der Waals surface area contributed by atoms with Gasteiger partial charge in [0, 0.05) is 0 Å². The van der Waals surface area contributed by atoms with E-state index >= 15 is 0 Å². The Hall–Kier alpha value is 6.22. The summed E-state index contributed by atoms with van der Waals surface area (Å²) >= 11 is 0. The maximum Gasteiger partial charge on any atom is 1.00 e. The second-order valence-corrected chi connectivity index (χ2v) is 2.68. The standard InChI is InChI=1S/6Na.2H3O4P/c;;;;;;2*1-5(2,3)4/h;;;;;;2*(H3,1,2,3,4)/q6*+1;;/p-6. The van der Waals surface area contributed by atoms with Crippen LogP contribution in [0.1, 0.15) is 0 Å². The molecule has 0 bridgehead atoms. The smallest absolute Gasteiger partial charge is 0.822 e. The maximum atomic E-state index is 8.55. The molecule has 0 aromatic carbocycles. The summed E-state index contributed by atoms with van der Waals surface area (Å²) in [6, 6.07) is 0. The molecule has 8 nitrogen and oxygen atoms in total. The third kappa shape index (κ3) is 193. The SMILES string of the molecule is O=P([O-])([O-])[O-].O=P([O-])([O-])[O-].[Na+].[Na+].[Na+].[Na+].[Na+].[Na+]. The second-order valence-electron chi connectivity index (χ2n) is 0.894. The van der Waals surface area contributed by atoms with Gasteiger partial charge in [-0.15, -0.1) is 0 Å². The molecule has 0 radical (unpaired) electrons. The molecular weight excluding hydrogens is 328 g/mol. The van der Waals surface area contributed by atoms with Crippen molar-refractivity contribution in [1.82, 2.24) is 0 Å². The molecule has 0 atom stereocenters. The molecule has 0 aromatic heterocycles. The Balaban J connectivity index is -0.00000000970. The van der Waals surface area contributed by atoms with E-state index in [0.717, 1.165) is 0 Å². The van der Waals surface area contributed by atoms with Crippen molar-refractivity contribution in [2.45, 2.75) is 0 Å². The largest absolute Gasteiger partial charge is 1.00 e. The van der Waals surface area contributed by atoms with Gasteiger partial charge in [-0.3, -0.25) is 0 Å². The minimum Gasteiger partial charge on any atom is -0.822 e. The van der Waals surface area contributed by atoms with Gasteiger partial charge in [-0.1, -0.05) is 0 Å². The van der Waals surface area contributed by atoms with E-state index in [4.69, 9.17) is 38.5 Å². The Bertz CT molecular complexity index is 135. The zero-order valence-corrected chi connectivity index (χ0v) is 23.9. The third-order valence-corrected chi connectivity index (χ3v) is 0. The number of hydrogen-bond acceptors (Lipinski definition) is 8. The van der Waals surface area contributed by atoms with E-state index in [1.54, 1.807) is 0 Å². The molecule has 64 valence electrons. The summed E-state index contributed by atoms with van der Waals surface area (Å²) in [7, 11) is -10.8. The molecule has 0 aliphatic heterocycles. The van der Waals surface area contributed by atoms with Crippen molar-refractivity contribution in [3.05, 3.63) is 0 Å². The van der Waals surface area contributed by atoms with Crippen molar-refractivity contribution >= 4 is 15.6 Å². The van der Waals surface area contributed by atoms with Gasteiger partial charge >= 0.3 is 177 Å². The van der Waals surface area contributed by atoms with Crippen LogP contribution in [0.25, 0.3) is 0 Å². The van der Waals surface area contributed by atoms with Crippen molar-refractivity contribution in [1.29, 1.82) is 0 Å². The molecule has 0 saturated heterocycles. The van der Waals surface area contributed by atoms with Crippen LogP contribution in [0.2, 0.25) is 0 Å². The molecule has 0 unspecified atom stereocenters. The van der Waals surface area contributed by atoms with E-state index in [9.17, 15) is 0 Å². The fraction of sp³-hybridized carbons (Fsp3) is 0. The Morgan fingerprint density at radius 1 is 0.438 bits per heavy atom. The summed E-state index contributed by atoms with van der Waals surface area (Å²) in [5, 5.41) is 0. The van der Waals surface area contributed by atoms with E-state index in [2.05, 4.69) is 0 Å². The van der Waals surface area contributed by atoms with Crippen LogP contribution in [-0.4, -0.2) is 0 Å². The minimum absolute atomic E-state index is 0. The normalized spacial score (nSPS) is 7.38. The van der Waals surface area contributed by atoms with E-state index in [1.807, 2.05) is 0 Å². The van der Waals surface area contributed by atoms with Gasteiger partial charge in [-0.25, -0.2) is 0 Å². The molecule has 0 fully saturated rings. The van der Waals surface area contributed by atoms with Gasteiger partial charge in [0.25, 0.3) is 0 Å². The van der Waals surface area contributed by atoms with Gasteiger partial charge in [0.15, 0.2) is 0 Å². The zero-order chi connectivity index (χ0) is 9.00. The molecule has 0 spiro atoms. The average Bonchev–Trinajstić information content (AvgIpc) is 1.12. The predicted octanol–water partition coefficient (Wildman–Crippen LogP) is -23.6. The number of phosphoric acid groups is 2. The van der Waals surface area contributed by atoms with Gasteiger partial charge < -0.3 is 38.5 Å². The van der Waals surface area contributed by atoms with Gasteiger partial charge in [0.2, 0.25) is 0 Å². The summed E-state index contributed by atoms with van der Waals surface area (Å²) in [4.78, 5) is 51.3. The monoisotopic (exact) mass is 328 g/mol. The number of hydrogen-bond donors (Lipinski definition) is 0. The van der Waals surface area contributed by atoms with Crippen LogP contribution in [0.3, 0.4) is 0 Å². The van der Waals surface area contributed by atoms with Gasteiger partial charge in [-0.05, 0) is 0 Å². The van der Waals surface area contributed by atoms with Gasteiger partial charge in [0.1, 0.15) is 0 Å². The number of rotatable bonds is 0. The van der Waals surface area contributed by atoms with Crippen LogP contribution >= 0.6 is 15.6 Å². The molecule has 0 aliphatic carbocycles. The van der Waals surface area contributed by atoms with Crippen molar-refractivity contribution in [3.63, 3.8) is 0 Å². The first-order chi connectivity index (χ1) is 4.00. The van der Waals surface area contributed by atoms with Crippen LogP contribution < -0.4 is 207 Å². The summed E-state index contributed by atoms with van der Waals surface area (Å²) in [6.45, 7) is 0. The molecule has 16 heteroatoms. The van der Waals surface area contributed by atoms with Gasteiger partial charge in [-0.2, -0.15) is 15.6 Å². The first kappa shape index (κ1) is 49.5. The van der Waals surface area contributed by atoms with Crippen molar-refractivity contribution in [2.24, 2.45) is 0 Å². The molecule has 0 aliphatic rings. The second kappa shape index (κ2) is 26.1. The maximum absolute atomic E-state index is 8.55. The molecule has 16 heavy (non-hydrogen) atoms. The van der Waals surface area contributed by atoms with E-state index in [-0.39, 0.29) is 177 Å². The topological polar surface area (TPSA) is 172 Å². The van der Waals surface area contributed by atoms with Crippen LogP contribution in [0, 0.1) is 0 Å². The van der Waals surface area contributed by atoms with Crippen LogP contribution in [0.15, 0.2) is 0 Å². The van der Waals surface area contributed by atoms with Crippen molar-refractivity contribution in [3.8, 4) is 0 Å². The third-order valence-electron chi connectivity index (χ3n) is 0. The average molecular weight is 328 g/mol. The molecular formula is Na6O8P2. The molecule has 0 heterocycles. The summed E-state index contributed by atoms with van der Waals surface area (Å²) in [5.41, 5.74) is 0. The zero-order valence-electron chi connectivity index (χ0n) is 10.2. The first-order valence-electron chi connectivity index (χ1n) is 1.46. The first-order valence-corrected chi connectivity index (χ1v) is 4.38. The summed E-state index contributed by atoms with van der Waals surface area (Å²) in [5.74, 6) is 0. The van der Waals surface area contributed by atoms with Crippen LogP contribution in [0.4, 0.5) is 0 Å². The summed E-state index contributed by atoms with van der Waals surface area (Å²) in [6.07, 6.45) is 0. The fourth-order valence-corrected chi connectivity index (χ4v) is 0. The predicted molar refractivity (Wildman–Crippen MR) is 15.2 cm³/mol. The van der Waals surface area contributed by atoms with Crippen molar-refractivity contribution < 1.29 is 216 Å². The van der Waals surface area contributed by atoms with Crippen LogP contribution in [0.5, 0.6) is 0 Å². The quantitative estimate of drug-likeness (QED) is 0.311. The van der Waals surface area contributed by atoms with E-state index < -0.39 is 15.6 Å². The Kier molecular flexibility index (Phi) is 80.8.